The van der Waals surface area contributed by atoms with Gasteiger partial charge in [-0.3, -0.25) is 0 Å². The Kier molecular flexibility index (Phi) is 4.13. The van der Waals surface area contributed by atoms with Crippen LogP contribution in [0.25, 0.3) is 10.8 Å². The van der Waals surface area contributed by atoms with E-state index in [1.807, 2.05) is 11.8 Å². The maximum atomic E-state index is 2.35. The molecule has 0 amide bonds. The van der Waals surface area contributed by atoms with Crippen LogP contribution in [-0.4, -0.2) is 5.75 Å². The molecule has 0 aliphatic carbocycles. The second-order valence-electron chi connectivity index (χ2n) is 5.63. The standard InChI is InChI=1S/C20H18S2/c1-2-6-15(7-3-1)14-22-19-12-13-21-20-17-9-5-4-8-16(17)10-11-18(19)20/h1-11,19H,12-14H2. The van der Waals surface area contributed by atoms with Crippen LogP contribution in [0, 0.1) is 0 Å². The molecule has 22 heavy (non-hydrogen) atoms. The van der Waals surface area contributed by atoms with Gasteiger partial charge in [-0.15, -0.1) is 23.5 Å². The van der Waals surface area contributed by atoms with E-state index in [2.05, 4.69) is 78.5 Å². The van der Waals surface area contributed by atoms with Gasteiger partial charge in [0.15, 0.2) is 0 Å². The summed E-state index contributed by atoms with van der Waals surface area (Å²) in [5.41, 5.74) is 2.96. The van der Waals surface area contributed by atoms with Crippen LogP contribution in [0.3, 0.4) is 0 Å². The number of benzene rings is 3. The largest absolute Gasteiger partial charge is 0.149 e. The van der Waals surface area contributed by atoms with Crippen molar-refractivity contribution >= 4 is 34.3 Å². The lowest BCUT2D eigenvalue weighted by molar-refractivity contribution is 0.870. The Balaban J connectivity index is 1.63. The molecule has 1 heterocycles. The molecule has 1 aliphatic rings. The lowest BCUT2D eigenvalue weighted by Gasteiger charge is -2.26. The predicted molar refractivity (Wildman–Crippen MR) is 99.8 cm³/mol. The molecule has 0 N–H and O–H groups in total. The molecule has 0 spiro atoms. The van der Waals surface area contributed by atoms with Crippen molar-refractivity contribution in [2.75, 3.05) is 5.75 Å². The first-order valence-corrected chi connectivity index (χ1v) is 9.75. The van der Waals surface area contributed by atoms with Gasteiger partial charge in [0.2, 0.25) is 0 Å². The summed E-state index contributed by atoms with van der Waals surface area (Å²) in [6, 6.07) is 24.2. The third kappa shape index (κ3) is 2.78. The third-order valence-corrected chi connectivity index (χ3v) is 6.75. The lowest BCUT2D eigenvalue weighted by atomic mass is 10.0. The van der Waals surface area contributed by atoms with E-state index in [0.29, 0.717) is 5.25 Å². The minimum absolute atomic E-state index is 0.626. The maximum absolute atomic E-state index is 2.35. The average Bonchev–Trinajstić information content (AvgIpc) is 2.60. The van der Waals surface area contributed by atoms with Gasteiger partial charge >= 0.3 is 0 Å². The second-order valence-corrected chi connectivity index (χ2v) is 7.92. The van der Waals surface area contributed by atoms with Gasteiger partial charge in [0.05, 0.1) is 0 Å². The van der Waals surface area contributed by atoms with Crippen LogP contribution in [0.5, 0.6) is 0 Å². The van der Waals surface area contributed by atoms with E-state index in [1.54, 1.807) is 0 Å². The summed E-state index contributed by atoms with van der Waals surface area (Å²) in [6.45, 7) is 0. The Morgan fingerprint density at radius 2 is 1.73 bits per heavy atom. The van der Waals surface area contributed by atoms with Gasteiger partial charge in [-0.05, 0) is 34.1 Å². The van der Waals surface area contributed by atoms with Crippen molar-refractivity contribution in [2.45, 2.75) is 22.3 Å². The zero-order chi connectivity index (χ0) is 14.8. The highest BCUT2D eigenvalue weighted by Gasteiger charge is 2.22. The van der Waals surface area contributed by atoms with Crippen molar-refractivity contribution in [3.63, 3.8) is 0 Å². The quantitative estimate of drug-likeness (QED) is 0.554. The van der Waals surface area contributed by atoms with Crippen molar-refractivity contribution in [1.29, 1.82) is 0 Å². The summed E-state index contributed by atoms with van der Waals surface area (Å²) in [5, 5.41) is 3.42. The summed E-state index contributed by atoms with van der Waals surface area (Å²) in [7, 11) is 0. The SMILES string of the molecule is c1ccc(CSC2CCSc3c2ccc2ccccc32)cc1. The average molecular weight is 322 g/mol. The summed E-state index contributed by atoms with van der Waals surface area (Å²) in [4.78, 5) is 1.51. The van der Waals surface area contributed by atoms with E-state index >= 15 is 0 Å². The molecule has 1 unspecified atom stereocenters. The molecule has 1 aliphatic heterocycles. The Labute approximate surface area is 140 Å². The van der Waals surface area contributed by atoms with Gasteiger partial charge in [-0.2, -0.15) is 0 Å². The summed E-state index contributed by atoms with van der Waals surface area (Å²) in [5.74, 6) is 2.33. The fraction of sp³-hybridized carbons (Fsp3) is 0.200. The molecule has 1 atom stereocenters. The van der Waals surface area contributed by atoms with E-state index in [9.17, 15) is 0 Å². The minimum Gasteiger partial charge on any atom is -0.149 e. The molecule has 0 nitrogen and oxygen atoms in total. The molecule has 0 fully saturated rings. The van der Waals surface area contributed by atoms with Crippen LogP contribution in [0.1, 0.15) is 22.8 Å². The van der Waals surface area contributed by atoms with E-state index < -0.39 is 0 Å². The first kappa shape index (κ1) is 14.2. The fourth-order valence-electron chi connectivity index (χ4n) is 3.04. The first-order valence-electron chi connectivity index (χ1n) is 7.72. The first-order chi connectivity index (χ1) is 10.9. The summed E-state index contributed by atoms with van der Waals surface area (Å²) >= 11 is 4.12. The second kappa shape index (κ2) is 6.39. The van der Waals surface area contributed by atoms with Gasteiger partial charge in [0.1, 0.15) is 0 Å². The molecule has 0 aromatic heterocycles. The maximum Gasteiger partial charge on any atom is 0.0319 e. The molecule has 0 saturated heterocycles. The van der Waals surface area contributed by atoms with Crippen LogP contribution in [-0.2, 0) is 5.75 Å². The number of hydrogen-bond acceptors (Lipinski definition) is 2. The van der Waals surface area contributed by atoms with Gasteiger partial charge in [0.25, 0.3) is 0 Å². The molecular weight excluding hydrogens is 304 g/mol. The molecule has 3 aromatic rings. The Morgan fingerprint density at radius 3 is 2.64 bits per heavy atom. The Bertz CT molecular complexity index is 780. The topological polar surface area (TPSA) is 0 Å². The number of hydrogen-bond donors (Lipinski definition) is 0. The molecule has 2 heteroatoms. The van der Waals surface area contributed by atoms with E-state index in [1.165, 1.54) is 39.0 Å². The smallest absolute Gasteiger partial charge is 0.0319 e. The molecule has 110 valence electrons. The molecule has 3 aromatic carbocycles. The lowest BCUT2D eigenvalue weighted by Crippen LogP contribution is -2.05. The van der Waals surface area contributed by atoms with Gasteiger partial charge in [0, 0.05) is 15.9 Å². The molecule has 0 radical (unpaired) electrons. The zero-order valence-electron chi connectivity index (χ0n) is 12.4. The molecule has 0 saturated carbocycles. The van der Waals surface area contributed by atoms with Crippen molar-refractivity contribution in [3.8, 4) is 0 Å². The highest BCUT2D eigenvalue weighted by Crippen LogP contribution is 2.47. The number of thioether (sulfide) groups is 2. The van der Waals surface area contributed by atoms with Crippen molar-refractivity contribution in [3.05, 3.63) is 77.9 Å². The van der Waals surface area contributed by atoms with Crippen LogP contribution in [0.15, 0.2) is 71.6 Å². The summed E-state index contributed by atoms with van der Waals surface area (Å²) in [6.07, 6.45) is 1.27. The van der Waals surface area contributed by atoms with Crippen molar-refractivity contribution in [1.82, 2.24) is 0 Å². The van der Waals surface area contributed by atoms with Gasteiger partial charge in [-0.1, -0.05) is 66.7 Å². The monoisotopic (exact) mass is 322 g/mol. The van der Waals surface area contributed by atoms with E-state index in [0.717, 1.165) is 5.75 Å². The fourth-order valence-corrected chi connectivity index (χ4v) is 5.79. The number of rotatable bonds is 3. The van der Waals surface area contributed by atoms with Crippen LogP contribution < -0.4 is 0 Å². The normalized spacial score (nSPS) is 17.4. The molecular formula is C20H18S2. The van der Waals surface area contributed by atoms with Gasteiger partial charge < -0.3 is 0 Å². The Hall–Kier alpha value is -1.38. The highest BCUT2D eigenvalue weighted by atomic mass is 32.2. The molecule has 0 bridgehead atoms. The third-order valence-electron chi connectivity index (χ3n) is 4.18. The summed E-state index contributed by atoms with van der Waals surface area (Å²) < 4.78 is 0. The van der Waals surface area contributed by atoms with E-state index in [4.69, 9.17) is 0 Å². The molecule has 4 rings (SSSR count). The van der Waals surface area contributed by atoms with Crippen molar-refractivity contribution < 1.29 is 0 Å². The zero-order valence-corrected chi connectivity index (χ0v) is 14.0. The minimum atomic E-state index is 0.626. The number of fused-ring (bicyclic) bond motifs is 3. The van der Waals surface area contributed by atoms with Gasteiger partial charge in [-0.25, -0.2) is 0 Å². The van der Waals surface area contributed by atoms with Crippen LogP contribution in [0.4, 0.5) is 0 Å². The Morgan fingerprint density at radius 1 is 0.909 bits per heavy atom. The van der Waals surface area contributed by atoms with Crippen LogP contribution in [0.2, 0.25) is 0 Å². The van der Waals surface area contributed by atoms with E-state index in [-0.39, 0.29) is 0 Å². The van der Waals surface area contributed by atoms with Crippen molar-refractivity contribution in [2.24, 2.45) is 0 Å². The highest BCUT2D eigenvalue weighted by molar-refractivity contribution is 8.00. The predicted octanol–water partition coefficient (Wildman–Crippen LogP) is 6.31. The van der Waals surface area contributed by atoms with Crippen LogP contribution >= 0.6 is 23.5 Å².